The Hall–Kier alpha value is -4.17. The molecule has 14 heteroatoms. The summed E-state index contributed by atoms with van der Waals surface area (Å²) in [5.74, 6) is -1.45. The summed E-state index contributed by atoms with van der Waals surface area (Å²) in [4.78, 5) is 52.6. The lowest BCUT2D eigenvalue weighted by Gasteiger charge is -2.41. The topological polar surface area (TPSA) is 128 Å². The number of amides is 1. The van der Waals surface area contributed by atoms with Crippen molar-refractivity contribution in [1.29, 1.82) is 0 Å². The van der Waals surface area contributed by atoms with Crippen molar-refractivity contribution in [3.05, 3.63) is 92.3 Å². The third-order valence-electron chi connectivity index (χ3n) is 9.11. The number of thiazole rings is 1. The fraction of sp³-hybridized carbons (Fsp3) is 0.364. The van der Waals surface area contributed by atoms with Gasteiger partial charge in [-0.2, -0.15) is 0 Å². The number of carboxylic acid groups (broad SMARTS) is 1. The molecule has 0 radical (unpaired) electrons. The number of nitrogens with zero attached hydrogens (tertiary/aromatic N) is 5. The summed E-state index contributed by atoms with van der Waals surface area (Å²) in [7, 11) is 3.31. The summed E-state index contributed by atoms with van der Waals surface area (Å²) in [6.07, 6.45) is 3.68. The van der Waals surface area contributed by atoms with E-state index in [1.54, 1.807) is 35.4 Å². The van der Waals surface area contributed by atoms with Gasteiger partial charge in [0.2, 0.25) is 6.41 Å². The number of piperazine rings is 1. The minimum atomic E-state index is -0.863. The molecular weight excluding hydrogens is 647 g/mol. The number of amidine groups is 1. The van der Waals surface area contributed by atoms with Gasteiger partial charge in [0.1, 0.15) is 11.9 Å². The summed E-state index contributed by atoms with van der Waals surface area (Å²) >= 11 is 7.88. The van der Waals surface area contributed by atoms with E-state index in [1.807, 2.05) is 12.4 Å². The van der Waals surface area contributed by atoms with Crippen molar-refractivity contribution in [2.24, 2.45) is 4.99 Å². The Balaban J connectivity index is 1.25. The SMILES string of the molecule is COC(=O)C1=C(CN2CCN(C)C(CN(C=O)c3ccc(C4(C(=O)O)CC4)cc3)C2)NC(c2nccs2)=N[C@H]1c1ccc(F)cc1Cl. The predicted molar refractivity (Wildman–Crippen MR) is 176 cm³/mol. The van der Waals surface area contributed by atoms with Gasteiger partial charge in [-0.15, -0.1) is 11.3 Å². The van der Waals surface area contributed by atoms with Crippen LogP contribution in [0.25, 0.3) is 0 Å². The second-order valence-corrected chi connectivity index (χ2v) is 13.3. The number of methoxy groups -OCH3 is 1. The molecule has 2 aromatic carbocycles. The van der Waals surface area contributed by atoms with Gasteiger partial charge >= 0.3 is 11.9 Å². The van der Waals surface area contributed by atoms with Crippen LogP contribution in [0.3, 0.4) is 0 Å². The molecule has 3 aromatic rings. The second-order valence-electron chi connectivity index (χ2n) is 12.0. The lowest BCUT2D eigenvalue weighted by Crippen LogP contribution is -2.56. The number of nitrogens with one attached hydrogen (secondary N) is 1. The van der Waals surface area contributed by atoms with Crippen molar-refractivity contribution in [1.82, 2.24) is 20.1 Å². The fourth-order valence-electron chi connectivity index (χ4n) is 6.20. The number of carbonyl (C=O) groups is 3. The maximum atomic E-state index is 14.0. The third-order valence-corrected chi connectivity index (χ3v) is 10.2. The largest absolute Gasteiger partial charge is 0.481 e. The van der Waals surface area contributed by atoms with E-state index in [0.29, 0.717) is 73.4 Å². The minimum absolute atomic E-state index is 0.0531. The lowest BCUT2D eigenvalue weighted by molar-refractivity contribution is -0.140. The molecule has 1 aromatic heterocycles. The van der Waals surface area contributed by atoms with Crippen LogP contribution in [-0.4, -0.2) is 97.0 Å². The molecular formula is C33H34ClFN6O5S. The number of aliphatic imine (C=N–C) groups is 1. The Kier molecular flexibility index (Phi) is 9.42. The number of rotatable bonds is 11. The zero-order valence-electron chi connectivity index (χ0n) is 25.9. The predicted octanol–water partition coefficient (Wildman–Crippen LogP) is 3.85. The monoisotopic (exact) mass is 680 g/mol. The highest BCUT2D eigenvalue weighted by Crippen LogP contribution is 2.48. The van der Waals surface area contributed by atoms with Crippen LogP contribution in [0.2, 0.25) is 5.02 Å². The van der Waals surface area contributed by atoms with Crippen LogP contribution >= 0.6 is 22.9 Å². The van der Waals surface area contributed by atoms with Gasteiger partial charge in [0.15, 0.2) is 10.8 Å². The Morgan fingerprint density at radius 3 is 2.62 bits per heavy atom. The Labute approximate surface area is 280 Å². The molecule has 246 valence electrons. The molecule has 0 spiro atoms. The van der Waals surface area contributed by atoms with Crippen LogP contribution in [0.15, 0.2) is 70.3 Å². The van der Waals surface area contributed by atoms with Crippen LogP contribution < -0.4 is 10.2 Å². The van der Waals surface area contributed by atoms with Gasteiger partial charge in [-0.05, 0) is 49.7 Å². The molecule has 1 saturated heterocycles. The molecule has 1 amide bonds. The molecule has 1 saturated carbocycles. The molecule has 1 unspecified atom stereocenters. The molecule has 3 aliphatic rings. The molecule has 2 fully saturated rings. The summed E-state index contributed by atoms with van der Waals surface area (Å²) in [6, 6.07) is 10.3. The fourth-order valence-corrected chi connectivity index (χ4v) is 7.06. The lowest BCUT2D eigenvalue weighted by atomic mass is 9.95. The second kappa shape index (κ2) is 13.5. The van der Waals surface area contributed by atoms with Crippen molar-refractivity contribution < 1.29 is 28.6 Å². The number of benzene rings is 2. The van der Waals surface area contributed by atoms with E-state index in [-0.39, 0.29) is 16.6 Å². The van der Waals surface area contributed by atoms with Gasteiger partial charge in [-0.3, -0.25) is 24.4 Å². The first-order chi connectivity index (χ1) is 22.6. The smallest absolute Gasteiger partial charge is 0.338 e. The van der Waals surface area contributed by atoms with E-state index >= 15 is 0 Å². The van der Waals surface area contributed by atoms with Crippen molar-refractivity contribution in [2.45, 2.75) is 30.3 Å². The number of esters is 1. The molecule has 2 aliphatic heterocycles. The third kappa shape index (κ3) is 6.66. The van der Waals surface area contributed by atoms with Gasteiger partial charge in [-0.25, -0.2) is 14.2 Å². The highest BCUT2D eigenvalue weighted by atomic mass is 35.5. The first-order valence-electron chi connectivity index (χ1n) is 15.1. The zero-order chi connectivity index (χ0) is 33.3. The number of hydrogen-bond donors (Lipinski definition) is 2. The maximum absolute atomic E-state index is 14.0. The van der Waals surface area contributed by atoms with E-state index in [1.165, 1.54) is 36.6 Å². The van der Waals surface area contributed by atoms with Crippen LogP contribution in [0.4, 0.5) is 10.1 Å². The van der Waals surface area contributed by atoms with Crippen molar-refractivity contribution in [3.8, 4) is 0 Å². The summed E-state index contributed by atoms with van der Waals surface area (Å²) in [6.45, 7) is 2.70. The number of hydrogen-bond acceptors (Lipinski definition) is 10. The maximum Gasteiger partial charge on any atom is 0.338 e. The number of ether oxygens (including phenoxy) is 1. The van der Waals surface area contributed by atoms with E-state index < -0.39 is 29.2 Å². The van der Waals surface area contributed by atoms with Crippen molar-refractivity contribution in [3.63, 3.8) is 0 Å². The quantitative estimate of drug-likeness (QED) is 0.229. The molecule has 0 bridgehead atoms. The number of aromatic nitrogens is 1. The van der Waals surface area contributed by atoms with Gasteiger partial charge in [-0.1, -0.05) is 29.8 Å². The number of halogens is 2. The highest BCUT2D eigenvalue weighted by Gasteiger charge is 2.51. The minimum Gasteiger partial charge on any atom is -0.481 e. The van der Waals surface area contributed by atoms with Crippen molar-refractivity contribution in [2.75, 3.05) is 51.8 Å². The Morgan fingerprint density at radius 2 is 2.00 bits per heavy atom. The molecule has 11 nitrogen and oxygen atoms in total. The van der Waals surface area contributed by atoms with Crippen LogP contribution in [0.5, 0.6) is 0 Å². The standard InChI is InChI=1S/C33H34ClFN6O5S/c1-39-12-13-40(16-23(39)17-41(19-42)22-6-3-20(4-7-22)33(9-10-33)32(44)45)18-26-27(31(43)46-2)28(24-8-5-21(35)15-25(24)34)38-29(37-26)30-36-11-14-47-30/h3-8,11,14-15,19,23,28H,9-10,12-13,16-18H2,1-2H3,(H,37,38)(H,44,45)/t23?,28-/m0/s1. The molecule has 47 heavy (non-hydrogen) atoms. The first kappa shape index (κ1) is 32.8. The van der Waals surface area contributed by atoms with E-state index in [9.17, 15) is 23.9 Å². The molecule has 6 rings (SSSR count). The Morgan fingerprint density at radius 1 is 1.23 bits per heavy atom. The molecule has 3 heterocycles. The number of carbonyl (C=O) groups excluding carboxylic acids is 2. The Bertz CT molecular complexity index is 1730. The van der Waals surface area contributed by atoms with Gasteiger partial charge in [0, 0.05) is 72.3 Å². The van der Waals surface area contributed by atoms with Crippen molar-refractivity contribution >= 4 is 52.8 Å². The molecule has 1 aliphatic carbocycles. The van der Waals surface area contributed by atoms with Crippen LogP contribution in [-0.2, 0) is 24.5 Å². The summed E-state index contributed by atoms with van der Waals surface area (Å²) in [5, 5.41) is 15.6. The zero-order valence-corrected chi connectivity index (χ0v) is 27.4. The van der Waals surface area contributed by atoms with Gasteiger partial charge in [0.05, 0.1) is 18.1 Å². The van der Waals surface area contributed by atoms with E-state index in [0.717, 1.165) is 12.0 Å². The van der Waals surface area contributed by atoms with Gasteiger partial charge in [0.25, 0.3) is 0 Å². The number of anilines is 1. The summed E-state index contributed by atoms with van der Waals surface area (Å²) in [5.41, 5.74) is 1.91. The number of likely N-dealkylation sites (N-methyl/N-ethyl adjacent to an activating group) is 1. The van der Waals surface area contributed by atoms with E-state index in [4.69, 9.17) is 21.3 Å². The van der Waals surface area contributed by atoms with Crippen LogP contribution in [0.1, 0.15) is 35.0 Å². The number of carboxylic acids is 1. The van der Waals surface area contributed by atoms with Gasteiger partial charge < -0.3 is 20.1 Å². The average Bonchev–Trinajstić information content (AvgIpc) is 3.70. The number of aliphatic carboxylic acids is 1. The molecule has 2 atom stereocenters. The van der Waals surface area contributed by atoms with Crippen LogP contribution in [0, 0.1) is 5.82 Å². The first-order valence-corrected chi connectivity index (χ1v) is 16.4. The van der Waals surface area contributed by atoms with E-state index in [2.05, 4.69) is 20.1 Å². The average molecular weight is 681 g/mol. The highest BCUT2D eigenvalue weighted by molar-refractivity contribution is 7.11. The summed E-state index contributed by atoms with van der Waals surface area (Å²) < 4.78 is 19.2. The molecule has 2 N–H and O–H groups in total. The normalized spacial score (nSPS) is 21.1.